The lowest BCUT2D eigenvalue weighted by molar-refractivity contribution is -0.114. The zero-order chi connectivity index (χ0) is 17.5. The van der Waals surface area contributed by atoms with Crippen LogP contribution in [0.5, 0.6) is 0 Å². The maximum atomic E-state index is 12.0. The fraction of sp³-hybridized carbons (Fsp3) is 0.222. The first-order chi connectivity index (χ1) is 11.5. The molecule has 24 heavy (non-hydrogen) atoms. The van der Waals surface area contributed by atoms with Crippen molar-refractivity contribution in [2.75, 3.05) is 23.7 Å². The summed E-state index contributed by atoms with van der Waals surface area (Å²) >= 11 is 6.05. The summed E-state index contributed by atoms with van der Waals surface area (Å²) in [5.74, 6) is -0.314. The number of carbonyl (C=O) groups excluding carboxylic acids is 2. The van der Waals surface area contributed by atoms with Crippen LogP contribution in [0.4, 0.5) is 11.4 Å². The Morgan fingerprint density at radius 1 is 1.04 bits per heavy atom. The van der Waals surface area contributed by atoms with Crippen LogP contribution in [0.25, 0.3) is 0 Å². The highest BCUT2D eigenvalue weighted by Crippen LogP contribution is 2.19. The van der Waals surface area contributed by atoms with E-state index in [1.807, 2.05) is 26.0 Å². The number of hydrogen-bond donors (Lipinski definition) is 3. The Kier molecular flexibility index (Phi) is 6.21. The summed E-state index contributed by atoms with van der Waals surface area (Å²) < 4.78 is 0. The molecule has 3 N–H and O–H groups in total. The number of rotatable bonds is 6. The molecule has 0 heterocycles. The average molecular weight is 346 g/mol. The summed E-state index contributed by atoms with van der Waals surface area (Å²) in [6, 6.07) is 12.3. The molecule has 0 bridgehead atoms. The molecule has 0 unspecified atom stereocenters. The molecule has 0 aliphatic rings. The Labute approximate surface area is 146 Å². The van der Waals surface area contributed by atoms with Gasteiger partial charge in [-0.1, -0.05) is 17.7 Å². The molecular weight excluding hydrogens is 326 g/mol. The van der Waals surface area contributed by atoms with Gasteiger partial charge in [0.1, 0.15) is 0 Å². The van der Waals surface area contributed by atoms with Crippen LogP contribution >= 0.6 is 11.6 Å². The molecule has 2 rings (SSSR count). The minimum absolute atomic E-state index is 0.122. The average Bonchev–Trinajstić information content (AvgIpc) is 2.57. The van der Waals surface area contributed by atoms with E-state index in [0.717, 1.165) is 11.3 Å². The molecule has 0 spiro atoms. The van der Waals surface area contributed by atoms with Crippen LogP contribution in [0.2, 0.25) is 5.02 Å². The van der Waals surface area contributed by atoms with Crippen LogP contribution < -0.4 is 16.0 Å². The molecule has 0 aromatic heterocycles. The Hall–Kier alpha value is -2.53. The molecule has 6 heteroatoms. The van der Waals surface area contributed by atoms with Crippen LogP contribution in [0, 0.1) is 6.92 Å². The lowest BCUT2D eigenvalue weighted by Gasteiger charge is -2.09. The summed E-state index contributed by atoms with van der Waals surface area (Å²) in [5, 5.41) is 9.16. The van der Waals surface area contributed by atoms with Crippen LogP contribution in [-0.2, 0) is 4.79 Å². The predicted molar refractivity (Wildman–Crippen MR) is 97.8 cm³/mol. The molecule has 2 aromatic carbocycles. The molecule has 0 aliphatic heterocycles. The molecular formula is C18H20ClN3O2. The molecule has 2 amide bonds. The third kappa shape index (κ3) is 4.99. The van der Waals surface area contributed by atoms with E-state index in [9.17, 15) is 9.59 Å². The fourth-order valence-electron chi connectivity index (χ4n) is 2.06. The van der Waals surface area contributed by atoms with Gasteiger partial charge in [-0.3, -0.25) is 9.59 Å². The number of amides is 2. The topological polar surface area (TPSA) is 70.2 Å². The first-order valence-corrected chi connectivity index (χ1v) is 8.05. The maximum absolute atomic E-state index is 12.0. The van der Waals surface area contributed by atoms with E-state index in [1.165, 1.54) is 0 Å². The molecule has 126 valence electrons. The van der Waals surface area contributed by atoms with Gasteiger partial charge < -0.3 is 16.0 Å². The summed E-state index contributed by atoms with van der Waals surface area (Å²) in [5.41, 5.74) is 2.96. The van der Waals surface area contributed by atoms with E-state index < -0.39 is 0 Å². The SMILES string of the molecule is CCNC(=O)c1ccc(NC(=O)CNc2ccc(C)c(Cl)c2)cc1. The van der Waals surface area contributed by atoms with Gasteiger partial charge >= 0.3 is 0 Å². The monoisotopic (exact) mass is 345 g/mol. The lowest BCUT2D eigenvalue weighted by atomic mass is 10.2. The molecule has 0 saturated carbocycles. The number of nitrogens with one attached hydrogen (secondary N) is 3. The first kappa shape index (κ1) is 17.8. The van der Waals surface area contributed by atoms with Gasteiger partial charge in [-0.15, -0.1) is 0 Å². The predicted octanol–water partition coefficient (Wildman–Crippen LogP) is 3.45. The van der Waals surface area contributed by atoms with E-state index in [2.05, 4.69) is 16.0 Å². The molecule has 2 aromatic rings. The number of anilines is 2. The smallest absolute Gasteiger partial charge is 0.251 e. The first-order valence-electron chi connectivity index (χ1n) is 7.67. The lowest BCUT2D eigenvalue weighted by Crippen LogP contribution is -2.23. The molecule has 0 aliphatic carbocycles. The molecule has 5 nitrogen and oxygen atoms in total. The summed E-state index contributed by atoms with van der Waals surface area (Å²) in [6.45, 7) is 4.48. The van der Waals surface area contributed by atoms with E-state index in [-0.39, 0.29) is 18.4 Å². The third-order valence-electron chi connectivity index (χ3n) is 3.39. The second-order valence-corrected chi connectivity index (χ2v) is 5.71. The van der Waals surface area contributed by atoms with E-state index in [1.54, 1.807) is 30.3 Å². The van der Waals surface area contributed by atoms with Gasteiger partial charge in [-0.05, 0) is 55.8 Å². The van der Waals surface area contributed by atoms with Gasteiger partial charge in [-0.25, -0.2) is 0 Å². The van der Waals surface area contributed by atoms with Crippen molar-refractivity contribution in [3.05, 3.63) is 58.6 Å². The Balaban J connectivity index is 1.87. The van der Waals surface area contributed by atoms with Crippen molar-refractivity contribution in [2.45, 2.75) is 13.8 Å². The van der Waals surface area contributed by atoms with Crippen molar-refractivity contribution in [1.82, 2.24) is 5.32 Å². The third-order valence-corrected chi connectivity index (χ3v) is 3.80. The van der Waals surface area contributed by atoms with Crippen LogP contribution in [0.3, 0.4) is 0 Å². The van der Waals surface area contributed by atoms with Gasteiger partial charge in [0.25, 0.3) is 5.91 Å². The highest BCUT2D eigenvalue weighted by atomic mass is 35.5. The highest BCUT2D eigenvalue weighted by Gasteiger charge is 2.06. The second kappa shape index (κ2) is 8.36. The van der Waals surface area contributed by atoms with Crippen molar-refractivity contribution in [3.8, 4) is 0 Å². The Bertz CT molecular complexity index is 730. The summed E-state index contributed by atoms with van der Waals surface area (Å²) in [4.78, 5) is 23.6. The van der Waals surface area contributed by atoms with Crippen LogP contribution in [-0.4, -0.2) is 24.9 Å². The largest absolute Gasteiger partial charge is 0.376 e. The van der Waals surface area contributed by atoms with E-state index in [0.29, 0.717) is 22.8 Å². The number of carbonyl (C=O) groups is 2. The van der Waals surface area contributed by atoms with Crippen LogP contribution in [0.15, 0.2) is 42.5 Å². The minimum Gasteiger partial charge on any atom is -0.376 e. The normalized spacial score (nSPS) is 10.1. The summed E-state index contributed by atoms with van der Waals surface area (Å²) in [6.07, 6.45) is 0. The van der Waals surface area contributed by atoms with Gasteiger partial charge in [0.05, 0.1) is 6.54 Å². The molecule has 0 saturated heterocycles. The quantitative estimate of drug-likeness (QED) is 0.751. The van der Waals surface area contributed by atoms with Crippen LogP contribution in [0.1, 0.15) is 22.8 Å². The zero-order valence-corrected chi connectivity index (χ0v) is 14.4. The zero-order valence-electron chi connectivity index (χ0n) is 13.7. The van der Waals surface area contributed by atoms with Gasteiger partial charge in [0.15, 0.2) is 0 Å². The van der Waals surface area contributed by atoms with E-state index >= 15 is 0 Å². The van der Waals surface area contributed by atoms with Gasteiger partial charge in [0, 0.05) is 28.5 Å². The molecule has 0 radical (unpaired) electrons. The molecule has 0 atom stereocenters. The van der Waals surface area contributed by atoms with Gasteiger partial charge in [0.2, 0.25) is 5.91 Å². The van der Waals surface area contributed by atoms with Crippen molar-refractivity contribution < 1.29 is 9.59 Å². The Morgan fingerprint density at radius 3 is 2.33 bits per heavy atom. The second-order valence-electron chi connectivity index (χ2n) is 5.30. The summed E-state index contributed by atoms with van der Waals surface area (Å²) in [7, 11) is 0. The maximum Gasteiger partial charge on any atom is 0.251 e. The highest BCUT2D eigenvalue weighted by molar-refractivity contribution is 6.31. The number of aryl methyl sites for hydroxylation is 1. The number of hydrogen-bond acceptors (Lipinski definition) is 3. The number of benzene rings is 2. The minimum atomic E-state index is -0.183. The van der Waals surface area contributed by atoms with Crippen molar-refractivity contribution in [1.29, 1.82) is 0 Å². The van der Waals surface area contributed by atoms with E-state index in [4.69, 9.17) is 11.6 Å². The molecule has 0 fully saturated rings. The Morgan fingerprint density at radius 2 is 1.71 bits per heavy atom. The van der Waals surface area contributed by atoms with Crippen molar-refractivity contribution in [3.63, 3.8) is 0 Å². The number of halogens is 1. The van der Waals surface area contributed by atoms with Crippen molar-refractivity contribution >= 4 is 34.8 Å². The fourth-order valence-corrected chi connectivity index (χ4v) is 2.24. The van der Waals surface area contributed by atoms with Crippen molar-refractivity contribution in [2.24, 2.45) is 0 Å². The standard InChI is InChI=1S/C18H20ClN3O2/c1-3-20-18(24)13-5-8-14(9-6-13)22-17(23)11-21-15-7-4-12(2)16(19)10-15/h4-10,21H,3,11H2,1-2H3,(H,20,24)(H,22,23). The van der Waals surface area contributed by atoms with Gasteiger partial charge in [-0.2, -0.15) is 0 Å².